The lowest BCUT2D eigenvalue weighted by molar-refractivity contribution is -0.154. The molecule has 7 rings (SSSR count). The molecule has 4 amide bonds. The van der Waals surface area contributed by atoms with Crippen LogP contribution in [0.25, 0.3) is 10.9 Å². The molecule has 4 aliphatic rings. The van der Waals surface area contributed by atoms with E-state index < -0.39 is 18.1 Å². The van der Waals surface area contributed by atoms with Crippen LogP contribution in [0.4, 0.5) is 10.5 Å². The Balaban J connectivity index is 1.10. The summed E-state index contributed by atoms with van der Waals surface area (Å²) in [6, 6.07) is 14.8. The molecule has 12 heteroatoms. The third-order valence-electron chi connectivity index (χ3n) is 9.74. The van der Waals surface area contributed by atoms with Crippen molar-refractivity contribution in [3.8, 4) is 0 Å². The first-order chi connectivity index (χ1) is 22.4. The number of fused-ring (bicyclic) bond motifs is 4. The second kappa shape index (κ2) is 12.8. The molecule has 1 aliphatic carbocycles. The summed E-state index contributed by atoms with van der Waals surface area (Å²) < 4.78 is 5.15. The van der Waals surface area contributed by atoms with Gasteiger partial charge in [-0.3, -0.25) is 9.59 Å². The fourth-order valence-corrected chi connectivity index (χ4v) is 9.11. The van der Waals surface area contributed by atoms with Crippen molar-refractivity contribution in [2.24, 2.45) is 0 Å². The summed E-state index contributed by atoms with van der Waals surface area (Å²) >= 11 is 8.00. The number of nitrogens with zero attached hydrogens (tertiary/aromatic N) is 2. The lowest BCUT2D eigenvalue weighted by Gasteiger charge is -2.40. The highest BCUT2D eigenvalue weighted by molar-refractivity contribution is 8.00. The lowest BCUT2D eigenvalue weighted by atomic mass is 9.87. The Morgan fingerprint density at radius 2 is 1.85 bits per heavy atom. The van der Waals surface area contributed by atoms with Crippen LogP contribution in [0.5, 0.6) is 0 Å². The SMILES string of the molecule is COC(=O)[C@H]1Cc2c([nH]c3ccccc23)[C@@H](c2ccc(N(C(=O)CCCC[C@@H]3SC[C@@H]4NC(=O)N[C@@H]43)C3CC3)cc2)N1C(=O)CCl. The minimum atomic E-state index is -0.827. The summed E-state index contributed by atoms with van der Waals surface area (Å²) in [6.07, 6.45) is 5.43. The zero-order valence-corrected chi connectivity index (χ0v) is 27.2. The number of alkyl halides is 1. The highest BCUT2D eigenvalue weighted by atomic mass is 35.5. The van der Waals surface area contributed by atoms with Gasteiger partial charge in [-0.1, -0.05) is 36.8 Å². The van der Waals surface area contributed by atoms with Crippen molar-refractivity contribution >= 4 is 63.8 Å². The van der Waals surface area contributed by atoms with Gasteiger partial charge in [0, 0.05) is 52.2 Å². The quantitative estimate of drug-likeness (QED) is 0.126. The number of anilines is 1. The minimum Gasteiger partial charge on any atom is -0.467 e. The number of methoxy groups -OCH3 is 1. The average molecular weight is 664 g/mol. The first kappa shape index (κ1) is 30.9. The van der Waals surface area contributed by atoms with Gasteiger partial charge in [0.15, 0.2) is 0 Å². The van der Waals surface area contributed by atoms with Crippen molar-refractivity contribution < 1.29 is 23.9 Å². The van der Waals surface area contributed by atoms with E-state index in [1.165, 1.54) is 7.11 Å². The number of H-pyrrole nitrogens is 1. The Morgan fingerprint density at radius 3 is 2.59 bits per heavy atom. The van der Waals surface area contributed by atoms with E-state index in [1.807, 2.05) is 65.2 Å². The number of carbonyl (C=O) groups excluding carboxylic acids is 4. The van der Waals surface area contributed by atoms with Crippen LogP contribution in [0.3, 0.4) is 0 Å². The summed E-state index contributed by atoms with van der Waals surface area (Å²) in [5, 5.41) is 7.42. The molecule has 3 fully saturated rings. The number of amides is 4. The molecule has 3 aromatic rings. The number of thioether (sulfide) groups is 1. The van der Waals surface area contributed by atoms with Gasteiger partial charge in [-0.25, -0.2) is 9.59 Å². The second-order valence-corrected chi connectivity index (χ2v) is 14.1. The topological polar surface area (TPSA) is 124 Å². The molecular weight excluding hydrogens is 626 g/mol. The number of carbonyl (C=O) groups is 4. The molecule has 46 heavy (non-hydrogen) atoms. The van der Waals surface area contributed by atoms with Crippen LogP contribution in [0, 0.1) is 0 Å². The maximum atomic E-state index is 13.6. The summed E-state index contributed by atoms with van der Waals surface area (Å²) in [5.74, 6) is -0.0697. The number of benzene rings is 2. The molecule has 0 spiro atoms. The van der Waals surface area contributed by atoms with E-state index in [0.29, 0.717) is 18.1 Å². The molecule has 10 nitrogen and oxygen atoms in total. The van der Waals surface area contributed by atoms with Crippen molar-refractivity contribution in [3.63, 3.8) is 0 Å². The van der Waals surface area contributed by atoms with Gasteiger partial charge in [-0.15, -0.1) is 11.6 Å². The number of halogens is 1. The molecule has 0 radical (unpaired) electrons. The summed E-state index contributed by atoms with van der Waals surface area (Å²) in [4.78, 5) is 58.6. The number of aromatic amines is 1. The highest BCUT2D eigenvalue weighted by Gasteiger charge is 2.45. The van der Waals surface area contributed by atoms with Crippen molar-refractivity contribution in [1.82, 2.24) is 20.5 Å². The fourth-order valence-electron chi connectivity index (χ4n) is 7.43. The largest absolute Gasteiger partial charge is 0.467 e. The third kappa shape index (κ3) is 5.72. The number of esters is 1. The summed E-state index contributed by atoms with van der Waals surface area (Å²) in [6.45, 7) is 0. The zero-order chi connectivity index (χ0) is 31.9. The number of unbranched alkanes of at least 4 members (excludes halogenated alkanes) is 1. The lowest BCUT2D eigenvalue weighted by Crippen LogP contribution is -2.52. The van der Waals surface area contributed by atoms with Crippen LogP contribution in [0.1, 0.15) is 61.4 Å². The van der Waals surface area contributed by atoms with E-state index >= 15 is 0 Å². The predicted molar refractivity (Wildman–Crippen MR) is 178 cm³/mol. The van der Waals surface area contributed by atoms with Crippen LogP contribution in [-0.2, 0) is 25.5 Å². The van der Waals surface area contributed by atoms with E-state index in [4.69, 9.17) is 16.3 Å². The van der Waals surface area contributed by atoms with E-state index in [9.17, 15) is 19.2 Å². The third-order valence-corrected chi connectivity index (χ3v) is 11.5. The predicted octanol–water partition coefficient (Wildman–Crippen LogP) is 4.64. The Morgan fingerprint density at radius 1 is 1.07 bits per heavy atom. The van der Waals surface area contributed by atoms with Gasteiger partial charge in [0.1, 0.15) is 11.9 Å². The smallest absolute Gasteiger partial charge is 0.328 e. The van der Waals surface area contributed by atoms with Crippen molar-refractivity contribution in [2.45, 2.75) is 80.4 Å². The van der Waals surface area contributed by atoms with E-state index in [0.717, 1.165) is 71.3 Å². The molecule has 3 N–H and O–H groups in total. The molecule has 3 aliphatic heterocycles. The Kier molecular flexibility index (Phi) is 8.63. The fraction of sp³-hybridized carbons (Fsp3) is 0.471. The number of aromatic nitrogens is 1. The monoisotopic (exact) mass is 663 g/mol. The van der Waals surface area contributed by atoms with E-state index in [1.54, 1.807) is 4.90 Å². The number of para-hydroxylation sites is 1. The molecular formula is C34H38ClN5O5S. The maximum Gasteiger partial charge on any atom is 0.328 e. The van der Waals surface area contributed by atoms with E-state index in [2.05, 4.69) is 15.6 Å². The molecule has 2 aromatic carbocycles. The van der Waals surface area contributed by atoms with Crippen LogP contribution in [-0.4, -0.2) is 81.9 Å². The van der Waals surface area contributed by atoms with Crippen LogP contribution in [0.2, 0.25) is 0 Å². The summed E-state index contributed by atoms with van der Waals surface area (Å²) in [5.41, 5.74) is 4.40. The number of rotatable bonds is 10. The molecule has 5 atom stereocenters. The van der Waals surface area contributed by atoms with Crippen molar-refractivity contribution in [3.05, 3.63) is 65.4 Å². The highest BCUT2D eigenvalue weighted by Crippen LogP contribution is 2.42. The Hall–Kier alpha value is -3.70. The van der Waals surface area contributed by atoms with Crippen LogP contribution in [0.15, 0.2) is 48.5 Å². The molecule has 0 unspecified atom stereocenters. The van der Waals surface area contributed by atoms with Crippen LogP contribution >= 0.6 is 23.4 Å². The second-order valence-electron chi connectivity index (χ2n) is 12.6. The van der Waals surface area contributed by atoms with E-state index in [-0.39, 0.29) is 41.9 Å². The van der Waals surface area contributed by atoms with Gasteiger partial charge in [0.05, 0.1) is 25.2 Å². The molecule has 1 saturated carbocycles. The maximum absolute atomic E-state index is 13.6. The average Bonchev–Trinajstić information content (AvgIpc) is 3.58. The minimum absolute atomic E-state index is 0.0755. The van der Waals surface area contributed by atoms with Gasteiger partial charge >= 0.3 is 12.0 Å². The first-order valence-electron chi connectivity index (χ1n) is 16.0. The van der Waals surface area contributed by atoms with Gasteiger partial charge in [-0.2, -0.15) is 11.8 Å². The number of hydrogen-bond acceptors (Lipinski definition) is 6. The molecule has 4 heterocycles. The first-order valence-corrected chi connectivity index (χ1v) is 17.6. The van der Waals surface area contributed by atoms with Gasteiger partial charge in [-0.05, 0) is 55.0 Å². The number of nitrogens with one attached hydrogen (secondary N) is 3. The van der Waals surface area contributed by atoms with Crippen molar-refractivity contribution in [1.29, 1.82) is 0 Å². The number of ether oxygens (including phenoxy) is 1. The standard InChI is InChI=1S/C34H38ClN5O5S/c1-45-33(43)26-16-23-22-6-2-3-7-24(22)36-30(23)32(40(26)29(42)17-35)19-10-12-20(13-11-19)39(21-14-15-21)28(41)9-5-4-8-27-31-25(18-46-27)37-34(44)38-31/h2-3,6-7,10-13,21,25-27,31-32,36H,4-5,8-9,14-18H2,1H3,(H2,37,38,44)/t25-,26+,27-,31-,32+/m0/s1. The molecule has 1 aromatic heterocycles. The number of hydrogen-bond donors (Lipinski definition) is 3. The summed E-state index contributed by atoms with van der Waals surface area (Å²) in [7, 11) is 1.33. The Bertz CT molecular complexity index is 1660. The normalized spacial score (nSPS) is 25.0. The van der Waals surface area contributed by atoms with Gasteiger partial charge < -0.3 is 30.2 Å². The molecule has 242 valence electrons. The Labute approximate surface area is 276 Å². The van der Waals surface area contributed by atoms with Gasteiger partial charge in [0.2, 0.25) is 11.8 Å². The van der Waals surface area contributed by atoms with Crippen molar-refractivity contribution in [2.75, 3.05) is 23.6 Å². The number of urea groups is 1. The molecule has 0 bridgehead atoms. The molecule has 2 saturated heterocycles. The zero-order valence-electron chi connectivity index (χ0n) is 25.7. The van der Waals surface area contributed by atoms with Gasteiger partial charge in [0.25, 0.3) is 0 Å². The van der Waals surface area contributed by atoms with Crippen LogP contribution < -0.4 is 15.5 Å².